The number of benzene rings is 1. The molecule has 0 saturated carbocycles. The lowest BCUT2D eigenvalue weighted by Gasteiger charge is -2.04. The van der Waals surface area contributed by atoms with E-state index in [-0.39, 0.29) is 17.8 Å². The van der Waals surface area contributed by atoms with Crippen molar-refractivity contribution in [3.8, 4) is 0 Å². The summed E-state index contributed by atoms with van der Waals surface area (Å²) in [5.41, 5.74) is 0.710. The van der Waals surface area contributed by atoms with Gasteiger partial charge in [-0.3, -0.25) is 9.78 Å². The van der Waals surface area contributed by atoms with Crippen LogP contribution < -0.4 is 0 Å². The second-order valence-corrected chi connectivity index (χ2v) is 4.52. The van der Waals surface area contributed by atoms with Gasteiger partial charge in [-0.1, -0.05) is 29.3 Å². The molecule has 0 amide bonds. The minimum atomic E-state index is -0.623. The predicted molar refractivity (Wildman–Crippen MR) is 68.7 cm³/mol. The molecular weight excluding hydrogens is 276 g/mol. The maximum absolute atomic E-state index is 13.4. The Morgan fingerprint density at radius 2 is 2.00 bits per heavy atom. The largest absolute Gasteiger partial charge is 0.294 e. The molecule has 1 heterocycles. The molecule has 0 unspecified atom stereocenters. The Kier molecular flexibility index (Phi) is 3.94. The molecule has 0 aliphatic heterocycles. The summed E-state index contributed by atoms with van der Waals surface area (Å²) in [5, 5.41) is 0.792. The number of aromatic nitrogens is 1. The average molecular weight is 284 g/mol. The summed E-state index contributed by atoms with van der Waals surface area (Å²) in [4.78, 5) is 15.5. The molecule has 0 N–H and O–H groups in total. The van der Waals surface area contributed by atoms with Crippen molar-refractivity contribution in [1.29, 1.82) is 0 Å². The van der Waals surface area contributed by atoms with Crippen molar-refractivity contribution in [2.75, 3.05) is 0 Å². The number of hydrogen-bond donors (Lipinski definition) is 0. The zero-order valence-corrected chi connectivity index (χ0v) is 10.7. The van der Waals surface area contributed by atoms with E-state index >= 15 is 0 Å². The Morgan fingerprint density at radius 1 is 1.22 bits per heavy atom. The third-order valence-corrected chi connectivity index (χ3v) is 3.16. The van der Waals surface area contributed by atoms with E-state index in [1.165, 1.54) is 12.3 Å². The number of rotatable bonds is 3. The lowest BCUT2D eigenvalue weighted by atomic mass is 10.0. The molecule has 1 aromatic heterocycles. The smallest absolute Gasteiger partial charge is 0.170 e. The standard InChI is InChI=1S/C13H8Cl2FNO/c14-10-2-1-8(5-11(10)15)6-13(18)9-3-4-17-7-12(9)16/h1-5,7H,6H2. The second kappa shape index (κ2) is 5.46. The molecule has 0 atom stereocenters. The molecule has 0 aliphatic rings. The quantitative estimate of drug-likeness (QED) is 0.799. The van der Waals surface area contributed by atoms with Gasteiger partial charge in [0, 0.05) is 12.6 Å². The van der Waals surface area contributed by atoms with E-state index in [0.717, 1.165) is 6.20 Å². The van der Waals surface area contributed by atoms with Gasteiger partial charge in [-0.05, 0) is 23.8 Å². The zero-order valence-electron chi connectivity index (χ0n) is 9.16. The van der Waals surface area contributed by atoms with Crippen LogP contribution in [0, 0.1) is 5.82 Å². The summed E-state index contributed by atoms with van der Waals surface area (Å²) in [6, 6.07) is 6.25. The first-order chi connectivity index (χ1) is 8.58. The highest BCUT2D eigenvalue weighted by atomic mass is 35.5. The van der Waals surface area contributed by atoms with Crippen LogP contribution in [0.2, 0.25) is 10.0 Å². The molecule has 0 fully saturated rings. The average Bonchev–Trinajstić information content (AvgIpc) is 2.34. The molecule has 2 aromatic rings. The van der Waals surface area contributed by atoms with Crippen LogP contribution in [0.1, 0.15) is 15.9 Å². The Hall–Kier alpha value is -1.45. The molecule has 18 heavy (non-hydrogen) atoms. The Bertz CT molecular complexity index is 601. The molecule has 0 radical (unpaired) electrons. The van der Waals surface area contributed by atoms with Gasteiger partial charge in [0.2, 0.25) is 0 Å². The highest BCUT2D eigenvalue weighted by molar-refractivity contribution is 6.42. The molecule has 5 heteroatoms. The molecule has 0 aliphatic carbocycles. The van der Waals surface area contributed by atoms with E-state index in [4.69, 9.17) is 23.2 Å². The summed E-state index contributed by atoms with van der Waals surface area (Å²) in [6.07, 6.45) is 2.46. The Morgan fingerprint density at radius 3 is 2.67 bits per heavy atom. The van der Waals surface area contributed by atoms with Gasteiger partial charge >= 0.3 is 0 Å². The second-order valence-electron chi connectivity index (χ2n) is 3.70. The van der Waals surface area contributed by atoms with E-state index in [2.05, 4.69) is 4.98 Å². The van der Waals surface area contributed by atoms with Crippen LogP contribution in [-0.4, -0.2) is 10.8 Å². The SMILES string of the molecule is O=C(Cc1ccc(Cl)c(Cl)c1)c1ccncc1F. The van der Waals surface area contributed by atoms with Crippen molar-refractivity contribution >= 4 is 29.0 Å². The number of Topliss-reactive ketones (excluding diaryl/α,β-unsaturated/α-hetero) is 1. The fourth-order valence-electron chi connectivity index (χ4n) is 1.53. The molecular formula is C13H8Cl2FNO. The molecule has 0 saturated heterocycles. The summed E-state index contributed by atoms with van der Waals surface area (Å²) >= 11 is 11.6. The lowest BCUT2D eigenvalue weighted by Crippen LogP contribution is -2.06. The van der Waals surface area contributed by atoms with Gasteiger partial charge in [0.25, 0.3) is 0 Å². The van der Waals surface area contributed by atoms with Crippen LogP contribution in [0.4, 0.5) is 4.39 Å². The van der Waals surface area contributed by atoms with Crippen LogP contribution in [-0.2, 0) is 6.42 Å². The number of hydrogen-bond acceptors (Lipinski definition) is 2. The first-order valence-electron chi connectivity index (χ1n) is 5.14. The number of pyridine rings is 1. The minimum Gasteiger partial charge on any atom is -0.294 e. The van der Waals surface area contributed by atoms with Gasteiger partial charge in [0.1, 0.15) is 0 Å². The van der Waals surface area contributed by atoms with Gasteiger partial charge in [-0.2, -0.15) is 0 Å². The van der Waals surface area contributed by atoms with Crippen molar-refractivity contribution in [2.45, 2.75) is 6.42 Å². The molecule has 2 nitrogen and oxygen atoms in total. The van der Waals surface area contributed by atoms with Crippen LogP contribution in [0.5, 0.6) is 0 Å². The fraction of sp³-hybridized carbons (Fsp3) is 0.0769. The lowest BCUT2D eigenvalue weighted by molar-refractivity contribution is 0.0989. The van der Waals surface area contributed by atoms with Gasteiger partial charge < -0.3 is 0 Å². The predicted octanol–water partition coefficient (Wildman–Crippen LogP) is 3.95. The Balaban J connectivity index is 2.22. The molecule has 2 rings (SSSR count). The van der Waals surface area contributed by atoms with Crippen LogP contribution in [0.15, 0.2) is 36.7 Å². The maximum Gasteiger partial charge on any atom is 0.170 e. The molecule has 92 valence electrons. The minimum absolute atomic E-state index is 0.0241. The highest BCUT2D eigenvalue weighted by Gasteiger charge is 2.12. The molecule has 0 spiro atoms. The first kappa shape index (κ1) is 13.0. The monoisotopic (exact) mass is 283 g/mol. The van der Waals surface area contributed by atoms with Gasteiger partial charge in [0.05, 0.1) is 21.8 Å². The van der Waals surface area contributed by atoms with Crippen molar-refractivity contribution in [3.63, 3.8) is 0 Å². The summed E-state index contributed by atoms with van der Waals surface area (Å²) < 4.78 is 13.4. The van der Waals surface area contributed by atoms with Crippen LogP contribution in [0.3, 0.4) is 0 Å². The van der Waals surface area contributed by atoms with Crippen molar-refractivity contribution < 1.29 is 9.18 Å². The molecule has 0 bridgehead atoms. The van der Waals surface area contributed by atoms with Gasteiger partial charge in [-0.15, -0.1) is 0 Å². The zero-order chi connectivity index (χ0) is 13.1. The number of ketones is 1. The van der Waals surface area contributed by atoms with E-state index < -0.39 is 5.82 Å². The third-order valence-electron chi connectivity index (χ3n) is 2.42. The molecule has 1 aromatic carbocycles. The summed E-state index contributed by atoms with van der Waals surface area (Å²) in [6.45, 7) is 0. The number of halogens is 3. The Labute approximate surface area is 113 Å². The highest BCUT2D eigenvalue weighted by Crippen LogP contribution is 2.23. The van der Waals surface area contributed by atoms with Crippen LogP contribution in [0.25, 0.3) is 0 Å². The normalized spacial score (nSPS) is 10.4. The van der Waals surface area contributed by atoms with E-state index in [0.29, 0.717) is 15.6 Å². The van der Waals surface area contributed by atoms with E-state index in [1.54, 1.807) is 18.2 Å². The number of carbonyl (C=O) groups excluding carboxylic acids is 1. The van der Waals surface area contributed by atoms with Gasteiger partial charge in [-0.25, -0.2) is 4.39 Å². The van der Waals surface area contributed by atoms with Crippen molar-refractivity contribution in [3.05, 3.63) is 63.6 Å². The fourth-order valence-corrected chi connectivity index (χ4v) is 1.85. The number of carbonyl (C=O) groups is 1. The topological polar surface area (TPSA) is 30.0 Å². The van der Waals surface area contributed by atoms with E-state index in [9.17, 15) is 9.18 Å². The summed E-state index contributed by atoms with van der Waals surface area (Å²) in [7, 11) is 0. The maximum atomic E-state index is 13.4. The van der Waals surface area contributed by atoms with Crippen molar-refractivity contribution in [2.24, 2.45) is 0 Å². The van der Waals surface area contributed by atoms with E-state index in [1.807, 2.05) is 0 Å². The van der Waals surface area contributed by atoms with Gasteiger partial charge in [0.15, 0.2) is 11.6 Å². The van der Waals surface area contributed by atoms with Crippen molar-refractivity contribution in [1.82, 2.24) is 4.98 Å². The first-order valence-corrected chi connectivity index (χ1v) is 5.90. The number of nitrogens with zero attached hydrogens (tertiary/aromatic N) is 1. The van der Waals surface area contributed by atoms with Crippen LogP contribution >= 0.6 is 23.2 Å². The third kappa shape index (κ3) is 2.86. The summed E-state index contributed by atoms with van der Waals surface area (Å²) in [5.74, 6) is -0.948.